The van der Waals surface area contributed by atoms with E-state index in [1.807, 2.05) is 12.2 Å². The van der Waals surface area contributed by atoms with Gasteiger partial charge in [-0.15, -0.1) is 0 Å². The van der Waals surface area contributed by atoms with Crippen LogP contribution in [0.2, 0.25) is 0 Å². The maximum absolute atomic E-state index is 11.5. The van der Waals surface area contributed by atoms with Crippen LogP contribution in [0.15, 0.2) is 60.8 Å². The highest BCUT2D eigenvalue weighted by atomic mass is 31.2. The van der Waals surface area contributed by atoms with Gasteiger partial charge in [-0.3, -0.25) is 9.32 Å². The first-order chi connectivity index (χ1) is 15.8. The standard InChI is InChI=1S/C25H41O7P/c1-2-3-4-5-6-7-8-9-10-11-12-13-14-15-16-17-18-19-20-21-25(27)31-22-24(26)23-32-33(28,29)30/h6-7,9-10,12-13,15-16,18-19,24,26H,2-5,8,11,14,17,20-23H2,1H3,(H2,28,29,30)/b7-6-,10-9-,13-12-,16-15-,19-18-. The van der Waals surface area contributed by atoms with Gasteiger partial charge in [-0.25, -0.2) is 4.57 Å². The third-order valence-corrected chi connectivity index (χ3v) is 4.77. The number of esters is 1. The SMILES string of the molecule is CCCCC/C=C\C/C=C\C/C=C\C/C=C\C/C=C\CCC(=O)OCC(O)COP(=O)(O)O. The fraction of sp³-hybridized carbons (Fsp3) is 0.560. The van der Waals surface area contributed by atoms with Gasteiger partial charge in [0.2, 0.25) is 0 Å². The number of allylic oxidation sites excluding steroid dienone is 10. The van der Waals surface area contributed by atoms with Crippen molar-refractivity contribution in [3.8, 4) is 0 Å². The van der Waals surface area contributed by atoms with Gasteiger partial charge in [0.25, 0.3) is 0 Å². The Hall–Kier alpha value is -1.76. The van der Waals surface area contributed by atoms with E-state index in [9.17, 15) is 14.5 Å². The van der Waals surface area contributed by atoms with E-state index in [1.54, 1.807) is 0 Å². The second-order valence-corrected chi connectivity index (χ2v) is 8.70. The molecule has 0 aliphatic carbocycles. The molecule has 0 spiro atoms. The zero-order valence-electron chi connectivity index (χ0n) is 19.8. The van der Waals surface area contributed by atoms with Gasteiger partial charge >= 0.3 is 13.8 Å². The molecule has 8 heteroatoms. The molecular formula is C25H41O7P. The van der Waals surface area contributed by atoms with Crippen molar-refractivity contribution in [2.45, 2.75) is 77.2 Å². The number of ether oxygens (including phenoxy) is 1. The molecule has 1 atom stereocenters. The number of rotatable bonds is 20. The number of hydrogen-bond acceptors (Lipinski definition) is 5. The number of carbonyl (C=O) groups excluding carboxylic acids is 1. The number of carbonyl (C=O) groups is 1. The van der Waals surface area contributed by atoms with Crippen molar-refractivity contribution >= 4 is 13.8 Å². The highest BCUT2D eigenvalue weighted by Gasteiger charge is 2.17. The Kier molecular flexibility index (Phi) is 20.9. The fourth-order valence-electron chi connectivity index (χ4n) is 2.53. The zero-order chi connectivity index (χ0) is 24.6. The van der Waals surface area contributed by atoms with E-state index >= 15 is 0 Å². The third-order valence-electron chi connectivity index (χ3n) is 4.28. The van der Waals surface area contributed by atoms with Gasteiger partial charge in [-0.1, -0.05) is 80.5 Å². The predicted octanol–water partition coefficient (Wildman–Crippen LogP) is 5.70. The molecule has 0 rings (SSSR count). The van der Waals surface area contributed by atoms with Crippen LogP contribution < -0.4 is 0 Å². The van der Waals surface area contributed by atoms with E-state index in [0.29, 0.717) is 6.42 Å². The van der Waals surface area contributed by atoms with Crippen LogP contribution in [0.4, 0.5) is 0 Å². The summed E-state index contributed by atoms with van der Waals surface area (Å²) >= 11 is 0. The van der Waals surface area contributed by atoms with Crippen LogP contribution in [-0.4, -0.2) is 40.2 Å². The van der Waals surface area contributed by atoms with Crippen LogP contribution in [0.5, 0.6) is 0 Å². The van der Waals surface area contributed by atoms with Crippen LogP contribution >= 0.6 is 7.82 Å². The van der Waals surface area contributed by atoms with Crippen LogP contribution in [0.1, 0.15) is 71.1 Å². The minimum absolute atomic E-state index is 0.164. The minimum atomic E-state index is -4.64. The molecule has 0 aliphatic heterocycles. The van der Waals surface area contributed by atoms with Gasteiger partial charge in [-0.2, -0.15) is 0 Å². The predicted molar refractivity (Wildman–Crippen MR) is 133 cm³/mol. The summed E-state index contributed by atoms with van der Waals surface area (Å²) in [6, 6.07) is 0. The topological polar surface area (TPSA) is 113 Å². The van der Waals surface area contributed by atoms with E-state index < -0.39 is 26.5 Å². The zero-order valence-corrected chi connectivity index (χ0v) is 20.7. The Morgan fingerprint density at radius 2 is 1.27 bits per heavy atom. The molecule has 0 aromatic carbocycles. The van der Waals surface area contributed by atoms with Gasteiger partial charge < -0.3 is 19.6 Å². The molecule has 0 heterocycles. The molecule has 0 radical (unpaired) electrons. The normalized spacial score (nSPS) is 13.9. The first-order valence-electron chi connectivity index (χ1n) is 11.6. The lowest BCUT2D eigenvalue weighted by molar-refractivity contribution is -0.147. The summed E-state index contributed by atoms with van der Waals surface area (Å²) in [7, 11) is -4.64. The summed E-state index contributed by atoms with van der Waals surface area (Å²) in [5.41, 5.74) is 0. The molecule has 188 valence electrons. The number of unbranched alkanes of at least 4 members (excludes halogenated alkanes) is 3. The monoisotopic (exact) mass is 484 g/mol. The maximum atomic E-state index is 11.5. The molecule has 0 saturated carbocycles. The summed E-state index contributed by atoms with van der Waals surface area (Å²) in [4.78, 5) is 28.6. The van der Waals surface area contributed by atoms with E-state index in [2.05, 4.69) is 60.1 Å². The summed E-state index contributed by atoms with van der Waals surface area (Å²) in [6.07, 6.45) is 29.2. The average Bonchev–Trinajstić information content (AvgIpc) is 2.77. The van der Waals surface area contributed by atoms with E-state index in [0.717, 1.165) is 25.7 Å². The Morgan fingerprint density at radius 3 is 1.76 bits per heavy atom. The number of phosphoric acid groups is 1. The summed E-state index contributed by atoms with van der Waals surface area (Å²) in [5, 5.41) is 9.42. The Bertz CT molecular complexity index is 674. The van der Waals surface area contributed by atoms with Crippen molar-refractivity contribution in [3.05, 3.63) is 60.8 Å². The van der Waals surface area contributed by atoms with Crippen LogP contribution in [0.25, 0.3) is 0 Å². The van der Waals surface area contributed by atoms with Gasteiger partial charge in [0.1, 0.15) is 12.7 Å². The second-order valence-electron chi connectivity index (χ2n) is 7.46. The van der Waals surface area contributed by atoms with Crippen LogP contribution in [0, 0.1) is 0 Å². The molecule has 3 N–H and O–H groups in total. The molecule has 0 aromatic heterocycles. The smallest absolute Gasteiger partial charge is 0.463 e. The summed E-state index contributed by atoms with van der Waals surface area (Å²) in [6.45, 7) is 1.24. The number of aliphatic hydroxyl groups excluding tert-OH is 1. The molecular weight excluding hydrogens is 443 g/mol. The second kappa shape index (κ2) is 22.1. The number of phosphoric ester groups is 1. The Labute approximate surface area is 198 Å². The van der Waals surface area contributed by atoms with Gasteiger partial charge in [-0.05, 0) is 44.9 Å². The lowest BCUT2D eigenvalue weighted by atomic mass is 10.2. The van der Waals surface area contributed by atoms with Crippen molar-refractivity contribution in [3.63, 3.8) is 0 Å². The van der Waals surface area contributed by atoms with E-state index in [-0.39, 0.29) is 13.0 Å². The first-order valence-corrected chi connectivity index (χ1v) is 13.2. The van der Waals surface area contributed by atoms with Gasteiger partial charge in [0.05, 0.1) is 6.61 Å². The lowest BCUT2D eigenvalue weighted by Gasteiger charge is -2.11. The largest absolute Gasteiger partial charge is 0.469 e. The lowest BCUT2D eigenvalue weighted by Crippen LogP contribution is -2.23. The summed E-state index contributed by atoms with van der Waals surface area (Å²) in [5.74, 6) is -0.493. The van der Waals surface area contributed by atoms with E-state index in [4.69, 9.17) is 14.5 Å². The molecule has 7 nitrogen and oxygen atoms in total. The molecule has 0 aromatic rings. The molecule has 0 amide bonds. The first kappa shape index (κ1) is 31.2. The maximum Gasteiger partial charge on any atom is 0.469 e. The highest BCUT2D eigenvalue weighted by molar-refractivity contribution is 7.46. The van der Waals surface area contributed by atoms with Crippen LogP contribution in [0.3, 0.4) is 0 Å². The number of hydrogen-bond donors (Lipinski definition) is 3. The highest BCUT2D eigenvalue weighted by Crippen LogP contribution is 2.35. The molecule has 1 unspecified atom stereocenters. The minimum Gasteiger partial charge on any atom is -0.463 e. The molecule has 0 fully saturated rings. The quantitative estimate of drug-likeness (QED) is 0.0879. The Morgan fingerprint density at radius 1 is 0.788 bits per heavy atom. The van der Waals surface area contributed by atoms with Gasteiger partial charge in [0.15, 0.2) is 0 Å². The van der Waals surface area contributed by atoms with Crippen molar-refractivity contribution in [1.82, 2.24) is 0 Å². The van der Waals surface area contributed by atoms with Crippen LogP contribution in [-0.2, 0) is 18.6 Å². The Balaban J connectivity index is 3.64. The fourth-order valence-corrected chi connectivity index (χ4v) is 2.89. The van der Waals surface area contributed by atoms with Crippen molar-refractivity contribution < 1.29 is 33.5 Å². The summed E-state index contributed by atoms with van der Waals surface area (Å²) < 4.78 is 19.5. The molecule has 33 heavy (non-hydrogen) atoms. The van der Waals surface area contributed by atoms with E-state index in [1.165, 1.54) is 25.7 Å². The van der Waals surface area contributed by atoms with Crippen molar-refractivity contribution in [2.24, 2.45) is 0 Å². The van der Waals surface area contributed by atoms with Crippen molar-refractivity contribution in [2.75, 3.05) is 13.2 Å². The van der Waals surface area contributed by atoms with Gasteiger partial charge in [0, 0.05) is 6.42 Å². The molecule has 0 aliphatic rings. The van der Waals surface area contributed by atoms with Crippen molar-refractivity contribution in [1.29, 1.82) is 0 Å². The molecule has 0 saturated heterocycles. The third kappa shape index (κ3) is 26.4. The molecule has 0 bridgehead atoms. The number of aliphatic hydroxyl groups is 1. The average molecular weight is 485 g/mol.